The highest BCUT2D eigenvalue weighted by molar-refractivity contribution is 6.00. The number of benzene rings is 1. The van der Waals surface area contributed by atoms with Crippen LogP contribution in [-0.4, -0.2) is 51.7 Å². The lowest BCUT2D eigenvalue weighted by Gasteiger charge is -2.23. The summed E-state index contributed by atoms with van der Waals surface area (Å²) in [4.78, 5) is 14.3. The topological polar surface area (TPSA) is 81.0 Å². The smallest absolute Gasteiger partial charge is 0.180 e. The Hall–Kier alpha value is -1.59. The van der Waals surface area contributed by atoms with Crippen molar-refractivity contribution in [3.05, 3.63) is 23.8 Å². The summed E-state index contributed by atoms with van der Waals surface area (Å²) in [7, 11) is 0. The lowest BCUT2D eigenvalue weighted by atomic mass is 10.1. The number of likely N-dealkylation sites (tertiary alicyclic amines) is 1. The van der Waals surface area contributed by atoms with Crippen LogP contribution in [0.25, 0.3) is 0 Å². The van der Waals surface area contributed by atoms with E-state index in [2.05, 4.69) is 4.90 Å². The van der Waals surface area contributed by atoms with Crippen molar-refractivity contribution in [2.75, 3.05) is 19.7 Å². The molecule has 1 aliphatic heterocycles. The Bertz CT molecular complexity index is 475. The van der Waals surface area contributed by atoms with E-state index in [1.165, 1.54) is 18.2 Å². The van der Waals surface area contributed by atoms with Crippen molar-refractivity contribution in [2.45, 2.75) is 31.7 Å². The summed E-state index contributed by atoms with van der Waals surface area (Å²) in [5.74, 6) is -0.374. The number of nitrogens with zero attached hydrogens (tertiary/aromatic N) is 1. The quantitative estimate of drug-likeness (QED) is 0.688. The van der Waals surface area contributed by atoms with Crippen LogP contribution in [0.4, 0.5) is 0 Å². The fraction of sp³-hybridized carbons (Fsp3) is 0.533. The number of aliphatic hydroxyl groups excluding tert-OH is 1. The van der Waals surface area contributed by atoms with Crippen molar-refractivity contribution >= 4 is 5.78 Å². The van der Waals surface area contributed by atoms with Gasteiger partial charge in [-0.2, -0.15) is 0 Å². The van der Waals surface area contributed by atoms with Crippen molar-refractivity contribution in [3.8, 4) is 11.5 Å². The Labute approximate surface area is 118 Å². The van der Waals surface area contributed by atoms with E-state index in [0.717, 1.165) is 32.2 Å². The van der Waals surface area contributed by atoms with Crippen LogP contribution < -0.4 is 0 Å². The van der Waals surface area contributed by atoms with Crippen LogP contribution in [0.3, 0.4) is 0 Å². The molecule has 1 aliphatic rings. The molecule has 0 amide bonds. The fourth-order valence-corrected chi connectivity index (χ4v) is 2.78. The molecule has 5 heteroatoms. The summed E-state index contributed by atoms with van der Waals surface area (Å²) < 4.78 is 0. The van der Waals surface area contributed by atoms with E-state index < -0.39 is 0 Å². The summed E-state index contributed by atoms with van der Waals surface area (Å²) in [6.07, 6.45) is 3.75. The predicted octanol–water partition coefficient (Wildman–Crippen LogP) is 1.52. The maximum absolute atomic E-state index is 12.2. The van der Waals surface area contributed by atoms with Crippen LogP contribution in [0.2, 0.25) is 0 Å². The number of ketones is 1. The Kier molecular flexibility index (Phi) is 4.98. The number of carbonyl (C=O) groups is 1. The number of Topliss-reactive ketones (excluding diaryl/α,β-unsaturated/α-hetero) is 1. The third-order valence-corrected chi connectivity index (χ3v) is 3.82. The van der Waals surface area contributed by atoms with E-state index in [4.69, 9.17) is 5.11 Å². The van der Waals surface area contributed by atoms with Gasteiger partial charge in [0.2, 0.25) is 0 Å². The molecule has 1 saturated heterocycles. The molecule has 0 bridgehead atoms. The first-order valence-corrected chi connectivity index (χ1v) is 7.02. The summed E-state index contributed by atoms with van der Waals surface area (Å²) >= 11 is 0. The number of hydrogen-bond acceptors (Lipinski definition) is 5. The van der Waals surface area contributed by atoms with Gasteiger partial charge < -0.3 is 15.3 Å². The van der Waals surface area contributed by atoms with Gasteiger partial charge in [0, 0.05) is 18.7 Å². The Morgan fingerprint density at radius 3 is 2.85 bits per heavy atom. The minimum atomic E-state index is -0.180. The number of hydrogen-bond donors (Lipinski definition) is 3. The van der Waals surface area contributed by atoms with Gasteiger partial charge in [0.25, 0.3) is 0 Å². The molecule has 1 unspecified atom stereocenters. The molecule has 0 spiro atoms. The molecule has 0 saturated carbocycles. The van der Waals surface area contributed by atoms with E-state index in [9.17, 15) is 15.0 Å². The maximum Gasteiger partial charge on any atom is 0.180 e. The first-order valence-electron chi connectivity index (χ1n) is 7.02. The molecule has 110 valence electrons. The number of phenols is 2. The van der Waals surface area contributed by atoms with Crippen LogP contribution in [0.15, 0.2) is 18.2 Å². The van der Waals surface area contributed by atoms with Crippen LogP contribution in [0.1, 0.15) is 36.0 Å². The molecular formula is C15H21NO4. The van der Waals surface area contributed by atoms with Gasteiger partial charge in [0.1, 0.15) is 11.5 Å². The molecule has 1 aromatic rings. The van der Waals surface area contributed by atoms with Gasteiger partial charge in [0.05, 0.1) is 12.1 Å². The van der Waals surface area contributed by atoms with Crippen molar-refractivity contribution in [1.29, 1.82) is 0 Å². The fourth-order valence-electron chi connectivity index (χ4n) is 2.78. The van der Waals surface area contributed by atoms with Crippen LogP contribution in [0, 0.1) is 0 Å². The van der Waals surface area contributed by atoms with Crippen molar-refractivity contribution in [2.24, 2.45) is 0 Å². The molecule has 1 heterocycles. The molecule has 0 aromatic heterocycles. The summed E-state index contributed by atoms with van der Waals surface area (Å²) in [5.41, 5.74) is 0.246. The molecule has 1 fully saturated rings. The zero-order chi connectivity index (χ0) is 14.5. The van der Waals surface area contributed by atoms with Crippen molar-refractivity contribution < 1.29 is 20.1 Å². The highest BCUT2D eigenvalue weighted by Gasteiger charge is 2.26. The van der Waals surface area contributed by atoms with Gasteiger partial charge in [-0.05, 0) is 44.4 Å². The van der Waals surface area contributed by atoms with E-state index in [1.54, 1.807) is 0 Å². The number of phenolic OH excluding ortho intramolecular Hbond substituents is 2. The van der Waals surface area contributed by atoms with E-state index >= 15 is 0 Å². The molecule has 5 nitrogen and oxygen atoms in total. The second-order valence-corrected chi connectivity index (χ2v) is 5.26. The Balaban J connectivity index is 1.99. The maximum atomic E-state index is 12.2. The first kappa shape index (κ1) is 14.8. The average molecular weight is 279 g/mol. The van der Waals surface area contributed by atoms with E-state index in [-0.39, 0.29) is 36.0 Å². The van der Waals surface area contributed by atoms with E-state index in [1.807, 2.05) is 0 Å². The zero-order valence-electron chi connectivity index (χ0n) is 11.5. The second kappa shape index (κ2) is 6.72. The van der Waals surface area contributed by atoms with E-state index in [0.29, 0.717) is 6.04 Å². The summed E-state index contributed by atoms with van der Waals surface area (Å²) in [5, 5.41) is 27.8. The largest absolute Gasteiger partial charge is 0.508 e. The van der Waals surface area contributed by atoms with Crippen molar-refractivity contribution in [1.82, 2.24) is 4.90 Å². The SMILES string of the molecule is O=C(CN1CCCC1CCCO)c1ccc(O)cc1O. The molecule has 0 radical (unpaired) electrons. The minimum Gasteiger partial charge on any atom is -0.508 e. The highest BCUT2D eigenvalue weighted by atomic mass is 16.3. The molecule has 20 heavy (non-hydrogen) atoms. The summed E-state index contributed by atoms with van der Waals surface area (Å²) in [6, 6.07) is 4.37. The highest BCUT2D eigenvalue weighted by Crippen LogP contribution is 2.25. The molecule has 1 aromatic carbocycles. The van der Waals surface area contributed by atoms with Crippen molar-refractivity contribution in [3.63, 3.8) is 0 Å². The van der Waals surface area contributed by atoms with Gasteiger partial charge in [-0.3, -0.25) is 9.69 Å². The Morgan fingerprint density at radius 2 is 2.15 bits per heavy atom. The lowest BCUT2D eigenvalue weighted by molar-refractivity contribution is 0.0913. The second-order valence-electron chi connectivity index (χ2n) is 5.26. The standard InChI is InChI=1S/C15H21NO4/c17-8-2-4-11-3-1-7-16(11)10-15(20)13-6-5-12(18)9-14(13)19/h5-6,9,11,17-19H,1-4,7-8,10H2. The van der Waals surface area contributed by atoms with Gasteiger partial charge >= 0.3 is 0 Å². The number of aliphatic hydroxyl groups is 1. The number of rotatable bonds is 6. The van der Waals surface area contributed by atoms with Crippen LogP contribution in [0.5, 0.6) is 11.5 Å². The molecule has 1 atom stereocenters. The number of aromatic hydroxyl groups is 2. The monoisotopic (exact) mass is 279 g/mol. The molecule has 0 aliphatic carbocycles. The predicted molar refractivity (Wildman–Crippen MR) is 75.0 cm³/mol. The first-order chi connectivity index (χ1) is 9.61. The van der Waals surface area contributed by atoms with Crippen LogP contribution >= 0.6 is 0 Å². The lowest BCUT2D eigenvalue weighted by Crippen LogP contribution is -2.34. The van der Waals surface area contributed by atoms with Gasteiger partial charge in [0.15, 0.2) is 5.78 Å². The summed E-state index contributed by atoms with van der Waals surface area (Å²) in [6.45, 7) is 1.33. The molecule has 3 N–H and O–H groups in total. The zero-order valence-corrected chi connectivity index (χ0v) is 11.5. The van der Waals surface area contributed by atoms with Gasteiger partial charge in [-0.25, -0.2) is 0 Å². The van der Waals surface area contributed by atoms with Gasteiger partial charge in [-0.15, -0.1) is 0 Å². The number of carbonyl (C=O) groups excluding carboxylic acids is 1. The minimum absolute atomic E-state index is 0.0546. The Morgan fingerprint density at radius 1 is 1.35 bits per heavy atom. The van der Waals surface area contributed by atoms with Crippen LogP contribution in [-0.2, 0) is 0 Å². The van der Waals surface area contributed by atoms with Gasteiger partial charge in [-0.1, -0.05) is 0 Å². The molecular weight excluding hydrogens is 258 g/mol. The molecule has 2 rings (SSSR count). The third kappa shape index (κ3) is 3.49. The third-order valence-electron chi connectivity index (χ3n) is 3.82. The normalized spacial score (nSPS) is 19.4. The average Bonchev–Trinajstić information content (AvgIpc) is 2.83.